The molecule has 4 rings (SSSR count). The molecule has 0 atom stereocenters. The summed E-state index contributed by atoms with van der Waals surface area (Å²) in [7, 11) is 0. The lowest BCUT2D eigenvalue weighted by atomic mass is 9.97. The van der Waals surface area contributed by atoms with Crippen molar-refractivity contribution in [2.75, 3.05) is 11.9 Å². The molecule has 0 unspecified atom stereocenters. The topological polar surface area (TPSA) is 102 Å². The highest BCUT2D eigenvalue weighted by Gasteiger charge is 2.31. The number of ether oxygens (including phenoxy) is 1. The van der Waals surface area contributed by atoms with Gasteiger partial charge >= 0.3 is 12.1 Å². The summed E-state index contributed by atoms with van der Waals surface area (Å²) in [6.07, 6.45) is 1.24. The number of nitrogens with two attached hydrogens (primary N) is 1. The van der Waals surface area contributed by atoms with E-state index in [2.05, 4.69) is 44.3 Å². The van der Waals surface area contributed by atoms with E-state index in [4.69, 9.17) is 15.6 Å². The highest BCUT2D eigenvalue weighted by atomic mass is 16.6. The fraction of sp³-hybridized carbons (Fsp3) is 0.414. The minimum Gasteiger partial charge on any atom is -0.444 e. The van der Waals surface area contributed by atoms with Gasteiger partial charge in [-0.2, -0.15) is 5.10 Å². The predicted molar refractivity (Wildman–Crippen MR) is 146 cm³/mol. The Labute approximate surface area is 218 Å². The number of carbonyl (C=O) groups is 2. The standard InChI is InChI=1S/C29H37N5O3/c1-18(2)16-21-9-7-8-19(3)25(21)34-26(20-10-12-22(13-11-20)31-27(30)35)23-17-33(15-14-24(23)32-34)28(36)37-29(4,5)6/h7-13,18H,14-17H2,1-6H3,(H3,30,31,35). The number of hydrogen-bond acceptors (Lipinski definition) is 4. The summed E-state index contributed by atoms with van der Waals surface area (Å²) >= 11 is 0. The summed E-state index contributed by atoms with van der Waals surface area (Å²) in [4.78, 5) is 26.0. The van der Waals surface area contributed by atoms with Crippen LogP contribution in [0.1, 0.15) is 57.0 Å². The van der Waals surface area contributed by atoms with Gasteiger partial charge in [-0.15, -0.1) is 0 Å². The summed E-state index contributed by atoms with van der Waals surface area (Å²) < 4.78 is 7.72. The Bertz CT molecular complexity index is 1300. The number of nitrogens with zero attached hydrogens (tertiary/aromatic N) is 3. The van der Waals surface area contributed by atoms with Crippen LogP contribution in [0.4, 0.5) is 15.3 Å². The van der Waals surface area contributed by atoms with E-state index in [1.807, 2.05) is 49.7 Å². The van der Waals surface area contributed by atoms with Gasteiger partial charge in [-0.05, 0) is 63.3 Å². The summed E-state index contributed by atoms with van der Waals surface area (Å²) in [5, 5.41) is 7.73. The third kappa shape index (κ3) is 5.96. The average molecular weight is 504 g/mol. The summed E-state index contributed by atoms with van der Waals surface area (Å²) in [5.41, 5.74) is 12.6. The molecule has 0 aliphatic carbocycles. The Kier molecular flexibility index (Phi) is 7.30. The maximum Gasteiger partial charge on any atom is 0.410 e. The molecule has 8 heteroatoms. The van der Waals surface area contributed by atoms with Crippen LogP contribution in [0.2, 0.25) is 0 Å². The second kappa shape index (κ2) is 10.3. The van der Waals surface area contributed by atoms with Gasteiger partial charge in [0.15, 0.2) is 0 Å². The molecule has 0 saturated carbocycles. The van der Waals surface area contributed by atoms with Gasteiger partial charge in [0, 0.05) is 29.8 Å². The number of amides is 3. The molecule has 8 nitrogen and oxygen atoms in total. The largest absolute Gasteiger partial charge is 0.444 e. The van der Waals surface area contributed by atoms with Crippen molar-refractivity contribution in [3.05, 3.63) is 64.8 Å². The maximum absolute atomic E-state index is 12.9. The van der Waals surface area contributed by atoms with E-state index in [1.54, 1.807) is 4.90 Å². The number of primary amides is 1. The van der Waals surface area contributed by atoms with Gasteiger partial charge in [-0.1, -0.05) is 44.2 Å². The Morgan fingerprint density at radius 3 is 2.46 bits per heavy atom. The SMILES string of the molecule is Cc1cccc(CC(C)C)c1-n1nc2c(c1-c1ccc(NC(N)=O)cc1)CN(C(=O)OC(C)(C)C)CC2. The molecule has 0 spiro atoms. The first-order valence-electron chi connectivity index (χ1n) is 12.8. The number of benzene rings is 2. The molecular weight excluding hydrogens is 466 g/mol. The van der Waals surface area contributed by atoms with Crippen LogP contribution in [0.25, 0.3) is 16.9 Å². The molecule has 3 N–H and O–H groups in total. The highest BCUT2D eigenvalue weighted by Crippen LogP contribution is 2.36. The third-order valence-corrected chi connectivity index (χ3v) is 6.27. The van der Waals surface area contributed by atoms with E-state index < -0.39 is 11.6 Å². The lowest BCUT2D eigenvalue weighted by Gasteiger charge is -2.30. The highest BCUT2D eigenvalue weighted by molar-refractivity contribution is 5.88. The number of nitrogens with one attached hydrogen (secondary N) is 1. The molecule has 2 aromatic carbocycles. The zero-order valence-electron chi connectivity index (χ0n) is 22.6. The van der Waals surface area contributed by atoms with Crippen molar-refractivity contribution in [2.24, 2.45) is 11.7 Å². The average Bonchev–Trinajstić information content (AvgIpc) is 3.16. The lowest BCUT2D eigenvalue weighted by Crippen LogP contribution is -2.39. The van der Waals surface area contributed by atoms with Crippen LogP contribution in [-0.4, -0.2) is 39.0 Å². The van der Waals surface area contributed by atoms with E-state index in [1.165, 1.54) is 5.56 Å². The Morgan fingerprint density at radius 1 is 1.14 bits per heavy atom. The first-order chi connectivity index (χ1) is 17.4. The van der Waals surface area contributed by atoms with Crippen LogP contribution < -0.4 is 11.1 Å². The van der Waals surface area contributed by atoms with Gasteiger partial charge in [0.25, 0.3) is 0 Å². The predicted octanol–water partition coefficient (Wildman–Crippen LogP) is 5.83. The number of anilines is 1. The smallest absolute Gasteiger partial charge is 0.410 e. The summed E-state index contributed by atoms with van der Waals surface area (Å²) in [6, 6.07) is 13.3. The van der Waals surface area contributed by atoms with Crippen LogP contribution in [0.5, 0.6) is 0 Å². The van der Waals surface area contributed by atoms with Crippen molar-refractivity contribution < 1.29 is 14.3 Å². The summed E-state index contributed by atoms with van der Waals surface area (Å²) in [5.74, 6) is 0.482. The normalized spacial score (nSPS) is 13.4. The maximum atomic E-state index is 12.9. The fourth-order valence-electron chi connectivity index (χ4n) is 4.80. The van der Waals surface area contributed by atoms with Gasteiger partial charge in [0.1, 0.15) is 5.60 Å². The van der Waals surface area contributed by atoms with Crippen LogP contribution in [-0.2, 0) is 24.1 Å². The number of rotatable bonds is 5. The zero-order valence-corrected chi connectivity index (χ0v) is 22.6. The number of urea groups is 1. The van der Waals surface area contributed by atoms with Crippen molar-refractivity contribution in [1.29, 1.82) is 0 Å². The number of fused-ring (bicyclic) bond motifs is 1. The number of aryl methyl sites for hydroxylation is 1. The van der Waals surface area contributed by atoms with E-state index in [0.717, 1.165) is 40.2 Å². The van der Waals surface area contributed by atoms with E-state index in [0.29, 0.717) is 31.1 Å². The Hall–Kier alpha value is -3.81. The molecule has 0 bridgehead atoms. The van der Waals surface area contributed by atoms with Crippen LogP contribution in [0.15, 0.2) is 42.5 Å². The first kappa shape index (κ1) is 26.3. The van der Waals surface area contributed by atoms with Gasteiger partial charge in [-0.25, -0.2) is 14.3 Å². The minimum absolute atomic E-state index is 0.325. The van der Waals surface area contributed by atoms with E-state index in [9.17, 15) is 9.59 Å². The number of aromatic nitrogens is 2. The molecule has 0 radical (unpaired) electrons. The molecular formula is C29H37N5O3. The molecule has 2 heterocycles. The van der Waals surface area contributed by atoms with Crippen molar-refractivity contribution >= 4 is 17.8 Å². The molecule has 0 saturated heterocycles. The van der Waals surface area contributed by atoms with Gasteiger partial charge in [0.05, 0.1) is 23.6 Å². The molecule has 37 heavy (non-hydrogen) atoms. The quantitative estimate of drug-likeness (QED) is 0.457. The van der Waals surface area contributed by atoms with Gasteiger partial charge in [0.2, 0.25) is 0 Å². The molecule has 0 fully saturated rings. The molecule has 3 aromatic rings. The van der Waals surface area contributed by atoms with Crippen molar-refractivity contribution in [1.82, 2.24) is 14.7 Å². The molecule has 3 amide bonds. The zero-order chi connectivity index (χ0) is 26.9. The third-order valence-electron chi connectivity index (χ3n) is 6.27. The monoisotopic (exact) mass is 503 g/mol. The van der Waals surface area contributed by atoms with E-state index in [-0.39, 0.29) is 6.09 Å². The number of hydrogen-bond donors (Lipinski definition) is 2. The second-order valence-corrected chi connectivity index (χ2v) is 11.1. The first-order valence-corrected chi connectivity index (χ1v) is 12.8. The van der Waals surface area contributed by atoms with E-state index >= 15 is 0 Å². The van der Waals surface area contributed by atoms with Gasteiger partial charge < -0.3 is 20.7 Å². The Balaban J connectivity index is 1.86. The molecule has 196 valence electrons. The van der Waals surface area contributed by atoms with Crippen molar-refractivity contribution in [3.8, 4) is 16.9 Å². The van der Waals surface area contributed by atoms with Crippen molar-refractivity contribution in [2.45, 2.75) is 66.5 Å². The van der Waals surface area contributed by atoms with Crippen LogP contribution in [0, 0.1) is 12.8 Å². The lowest BCUT2D eigenvalue weighted by molar-refractivity contribution is 0.0224. The number of para-hydroxylation sites is 1. The second-order valence-electron chi connectivity index (χ2n) is 11.1. The molecule has 1 aliphatic heterocycles. The molecule has 1 aliphatic rings. The fourth-order valence-corrected chi connectivity index (χ4v) is 4.80. The van der Waals surface area contributed by atoms with Crippen LogP contribution in [0.3, 0.4) is 0 Å². The van der Waals surface area contributed by atoms with Crippen molar-refractivity contribution in [3.63, 3.8) is 0 Å². The van der Waals surface area contributed by atoms with Gasteiger partial charge in [-0.3, -0.25) is 0 Å². The Morgan fingerprint density at radius 2 is 1.84 bits per heavy atom. The number of carbonyl (C=O) groups excluding carboxylic acids is 2. The molecule has 1 aromatic heterocycles. The van der Waals surface area contributed by atoms with Crippen LogP contribution >= 0.6 is 0 Å². The summed E-state index contributed by atoms with van der Waals surface area (Å²) in [6.45, 7) is 13.1. The minimum atomic E-state index is -0.610.